The van der Waals surface area contributed by atoms with Crippen molar-refractivity contribution in [2.45, 2.75) is 26.0 Å². The summed E-state index contributed by atoms with van der Waals surface area (Å²) < 4.78 is 20.1. The molecule has 7 heteroatoms. The van der Waals surface area contributed by atoms with Crippen LogP contribution in [-0.4, -0.2) is 65.7 Å². The van der Waals surface area contributed by atoms with Crippen molar-refractivity contribution < 1.29 is 19.0 Å². The molecule has 3 heterocycles. The number of piperazine rings is 1. The molecular weight excluding hydrogens is 433 g/mol. The van der Waals surface area contributed by atoms with Gasteiger partial charge in [0.2, 0.25) is 0 Å². The zero-order valence-corrected chi connectivity index (χ0v) is 19.6. The standard InChI is InChI=1S/C27H30FN3O3/c1-27(2)22(16-24(34-27)25-21-15-20(28)7-8-23(21)29-26(25)33)19-5-3-18(4-6-19)17-31-11-9-30(10-12-31)13-14-32/h3-8,15-16,32H,9-14,17H2,1-2H3,(H,29,33). The molecule has 178 valence electrons. The van der Waals surface area contributed by atoms with Crippen LogP contribution in [0.4, 0.5) is 10.1 Å². The van der Waals surface area contributed by atoms with E-state index in [1.54, 1.807) is 6.07 Å². The van der Waals surface area contributed by atoms with Crippen molar-refractivity contribution in [3.8, 4) is 0 Å². The maximum Gasteiger partial charge on any atom is 0.260 e. The number of β-amino-alcohol motifs (C(OH)–C–C–N with tert-alkyl or cyclic N) is 1. The normalized spacial score (nSPS) is 22.4. The molecule has 5 rings (SSSR count). The molecule has 1 amide bonds. The minimum Gasteiger partial charge on any atom is -0.482 e. The molecule has 3 aliphatic heterocycles. The van der Waals surface area contributed by atoms with Gasteiger partial charge >= 0.3 is 0 Å². The van der Waals surface area contributed by atoms with E-state index in [1.807, 2.05) is 19.9 Å². The van der Waals surface area contributed by atoms with Crippen molar-refractivity contribution in [3.05, 3.63) is 76.8 Å². The summed E-state index contributed by atoms with van der Waals surface area (Å²) in [6.45, 7) is 9.76. The first kappa shape index (κ1) is 22.8. The lowest BCUT2D eigenvalue weighted by Crippen LogP contribution is -2.46. The molecule has 3 aliphatic rings. The Morgan fingerprint density at radius 1 is 1.06 bits per heavy atom. The Hall–Kier alpha value is -3.00. The summed E-state index contributed by atoms with van der Waals surface area (Å²) in [6, 6.07) is 12.8. The van der Waals surface area contributed by atoms with Gasteiger partial charge in [0.15, 0.2) is 0 Å². The molecule has 0 saturated carbocycles. The number of rotatable bonds is 5. The molecule has 0 aromatic heterocycles. The molecule has 34 heavy (non-hydrogen) atoms. The molecule has 0 aliphatic carbocycles. The highest BCUT2D eigenvalue weighted by Gasteiger charge is 2.38. The third kappa shape index (κ3) is 4.39. The minimum absolute atomic E-state index is 0.212. The fourth-order valence-electron chi connectivity index (χ4n) is 4.96. The zero-order chi connectivity index (χ0) is 23.9. The number of hydrogen-bond donors (Lipinski definition) is 2. The Kier molecular flexibility index (Phi) is 6.02. The number of ether oxygens (including phenoxy) is 1. The number of allylic oxidation sites excluding steroid dienone is 1. The summed E-state index contributed by atoms with van der Waals surface area (Å²) >= 11 is 0. The molecule has 1 fully saturated rings. The fourth-order valence-corrected chi connectivity index (χ4v) is 4.96. The number of carbonyl (C=O) groups excluding carboxylic acids is 1. The summed E-state index contributed by atoms with van der Waals surface area (Å²) in [6.07, 6.45) is 1.91. The number of nitrogens with one attached hydrogen (secondary N) is 1. The van der Waals surface area contributed by atoms with Crippen LogP contribution < -0.4 is 5.32 Å². The van der Waals surface area contributed by atoms with E-state index in [-0.39, 0.29) is 18.3 Å². The summed E-state index contributed by atoms with van der Waals surface area (Å²) in [5, 5.41) is 11.9. The molecular formula is C27H30FN3O3. The predicted octanol–water partition coefficient (Wildman–Crippen LogP) is 3.49. The van der Waals surface area contributed by atoms with Gasteiger partial charge in [0.1, 0.15) is 17.2 Å². The van der Waals surface area contributed by atoms with Crippen LogP contribution in [0.5, 0.6) is 0 Å². The average Bonchev–Trinajstić information content (AvgIpc) is 3.30. The predicted molar refractivity (Wildman–Crippen MR) is 130 cm³/mol. The summed E-state index contributed by atoms with van der Waals surface area (Å²) in [5.41, 5.74) is 4.14. The third-order valence-corrected chi connectivity index (χ3v) is 6.81. The number of benzene rings is 2. The largest absolute Gasteiger partial charge is 0.482 e. The lowest BCUT2D eigenvalue weighted by atomic mass is 9.91. The second-order valence-corrected chi connectivity index (χ2v) is 9.59. The van der Waals surface area contributed by atoms with Crippen LogP contribution in [0.1, 0.15) is 30.5 Å². The molecule has 2 N–H and O–H groups in total. The average molecular weight is 464 g/mol. The summed E-state index contributed by atoms with van der Waals surface area (Å²) in [5.74, 6) is -0.204. The van der Waals surface area contributed by atoms with Gasteiger partial charge in [0.05, 0.1) is 12.2 Å². The monoisotopic (exact) mass is 463 g/mol. The number of anilines is 1. The second kappa shape index (κ2) is 8.98. The summed E-state index contributed by atoms with van der Waals surface area (Å²) in [7, 11) is 0. The van der Waals surface area contributed by atoms with Crippen LogP contribution in [0.15, 0.2) is 54.3 Å². The van der Waals surface area contributed by atoms with Crippen molar-refractivity contribution in [1.29, 1.82) is 0 Å². The smallest absolute Gasteiger partial charge is 0.260 e. The van der Waals surface area contributed by atoms with Gasteiger partial charge in [0.25, 0.3) is 5.91 Å². The van der Waals surface area contributed by atoms with Gasteiger partial charge in [-0.15, -0.1) is 0 Å². The molecule has 6 nitrogen and oxygen atoms in total. The van der Waals surface area contributed by atoms with Crippen LogP contribution in [0.3, 0.4) is 0 Å². The van der Waals surface area contributed by atoms with Gasteiger partial charge in [0, 0.05) is 56.1 Å². The van der Waals surface area contributed by atoms with Crippen LogP contribution >= 0.6 is 0 Å². The first-order valence-electron chi connectivity index (χ1n) is 11.8. The third-order valence-electron chi connectivity index (χ3n) is 6.81. The van der Waals surface area contributed by atoms with Crippen molar-refractivity contribution in [3.63, 3.8) is 0 Å². The quantitative estimate of drug-likeness (QED) is 0.665. The first-order chi connectivity index (χ1) is 16.3. The van der Waals surface area contributed by atoms with E-state index in [0.717, 1.165) is 50.4 Å². The Balaban J connectivity index is 1.36. The number of hydrogen-bond acceptors (Lipinski definition) is 5. The van der Waals surface area contributed by atoms with Crippen molar-refractivity contribution in [1.82, 2.24) is 9.80 Å². The molecule has 0 spiro atoms. The minimum atomic E-state index is -0.622. The Morgan fingerprint density at radius 2 is 1.76 bits per heavy atom. The molecule has 2 aromatic rings. The van der Waals surface area contributed by atoms with Gasteiger partial charge < -0.3 is 15.2 Å². The number of halogens is 1. The molecule has 0 bridgehead atoms. The van der Waals surface area contributed by atoms with Gasteiger partial charge in [-0.25, -0.2) is 4.39 Å². The first-order valence-corrected chi connectivity index (χ1v) is 11.8. The number of nitrogens with zero attached hydrogens (tertiary/aromatic N) is 2. The van der Waals surface area contributed by atoms with Crippen molar-refractivity contribution >= 4 is 22.7 Å². The van der Waals surface area contributed by atoms with Crippen LogP contribution in [-0.2, 0) is 16.1 Å². The maximum absolute atomic E-state index is 13.9. The van der Waals surface area contributed by atoms with E-state index in [0.29, 0.717) is 22.6 Å². The van der Waals surface area contributed by atoms with E-state index in [9.17, 15) is 9.18 Å². The van der Waals surface area contributed by atoms with E-state index >= 15 is 0 Å². The Labute approximate surface area is 199 Å². The van der Waals surface area contributed by atoms with E-state index in [4.69, 9.17) is 9.84 Å². The van der Waals surface area contributed by atoms with Gasteiger partial charge in [-0.05, 0) is 49.2 Å². The number of fused-ring (bicyclic) bond motifs is 1. The highest BCUT2D eigenvalue weighted by Crippen LogP contribution is 2.44. The van der Waals surface area contributed by atoms with E-state index in [1.165, 1.54) is 17.7 Å². The van der Waals surface area contributed by atoms with E-state index < -0.39 is 5.60 Å². The van der Waals surface area contributed by atoms with Gasteiger partial charge in [-0.2, -0.15) is 0 Å². The molecule has 0 atom stereocenters. The number of aliphatic hydroxyl groups excluding tert-OH is 1. The topological polar surface area (TPSA) is 65.0 Å². The van der Waals surface area contributed by atoms with Crippen molar-refractivity contribution in [2.24, 2.45) is 0 Å². The Bertz CT molecular complexity index is 1160. The maximum atomic E-state index is 13.9. The second-order valence-electron chi connectivity index (χ2n) is 9.59. The van der Waals surface area contributed by atoms with Gasteiger partial charge in [-0.1, -0.05) is 24.3 Å². The summed E-state index contributed by atoms with van der Waals surface area (Å²) in [4.78, 5) is 17.4. The fraction of sp³-hybridized carbons (Fsp3) is 0.370. The number of carbonyl (C=O) groups is 1. The molecule has 1 saturated heterocycles. The highest BCUT2D eigenvalue weighted by molar-refractivity contribution is 6.32. The van der Waals surface area contributed by atoms with Crippen LogP contribution in [0.25, 0.3) is 11.1 Å². The lowest BCUT2D eigenvalue weighted by Gasteiger charge is -2.34. The molecule has 0 radical (unpaired) electrons. The SMILES string of the molecule is CC1(C)OC(=C2C(=O)Nc3ccc(F)cc32)C=C1c1ccc(CN2CCN(CCO)CC2)cc1. The van der Waals surface area contributed by atoms with E-state index in [2.05, 4.69) is 39.4 Å². The molecule has 2 aromatic carbocycles. The van der Waals surface area contributed by atoms with Gasteiger partial charge in [-0.3, -0.25) is 14.6 Å². The number of aliphatic hydroxyl groups is 1. The van der Waals surface area contributed by atoms with Crippen LogP contribution in [0.2, 0.25) is 0 Å². The van der Waals surface area contributed by atoms with Crippen molar-refractivity contribution in [2.75, 3.05) is 44.6 Å². The highest BCUT2D eigenvalue weighted by atomic mass is 19.1. The Morgan fingerprint density at radius 3 is 2.47 bits per heavy atom. The molecule has 0 unspecified atom stereocenters. The number of amides is 1. The lowest BCUT2D eigenvalue weighted by molar-refractivity contribution is -0.111. The van der Waals surface area contributed by atoms with Crippen LogP contribution in [0, 0.1) is 5.82 Å². The zero-order valence-electron chi connectivity index (χ0n) is 19.6.